The largest absolute Gasteiger partial charge is 0.486 e. The van der Waals surface area contributed by atoms with Crippen LogP contribution in [0.25, 0.3) is 0 Å². The van der Waals surface area contributed by atoms with Crippen molar-refractivity contribution < 1.29 is 9.47 Å². The summed E-state index contributed by atoms with van der Waals surface area (Å²) in [4.78, 5) is 5.61. The van der Waals surface area contributed by atoms with Crippen LogP contribution in [-0.4, -0.2) is 38.8 Å². The van der Waals surface area contributed by atoms with Crippen LogP contribution >= 0.6 is 11.3 Å². The number of fused-ring (bicyclic) bond motifs is 1. The van der Waals surface area contributed by atoms with E-state index in [4.69, 9.17) is 9.47 Å². The molecule has 0 aliphatic carbocycles. The predicted molar refractivity (Wildman–Crippen MR) is 93.7 cm³/mol. The zero-order valence-electron chi connectivity index (χ0n) is 13.1. The maximum absolute atomic E-state index is 5.92. The minimum atomic E-state index is -0.0271. The molecule has 1 unspecified atom stereocenters. The monoisotopic (exact) mass is 331 g/mol. The van der Waals surface area contributed by atoms with Crippen molar-refractivity contribution in [3.05, 3.63) is 46.7 Å². The van der Waals surface area contributed by atoms with E-state index in [0.717, 1.165) is 30.4 Å². The summed E-state index contributed by atoms with van der Waals surface area (Å²) >= 11 is 1.77. The lowest BCUT2D eigenvalue weighted by Gasteiger charge is -2.27. The van der Waals surface area contributed by atoms with Crippen molar-refractivity contribution in [2.75, 3.05) is 26.7 Å². The quantitative estimate of drug-likeness (QED) is 0.652. The Morgan fingerprint density at radius 3 is 2.87 bits per heavy atom. The summed E-state index contributed by atoms with van der Waals surface area (Å²) in [5.74, 6) is 2.39. The minimum Gasteiger partial charge on any atom is -0.486 e. The number of benzene rings is 1. The van der Waals surface area contributed by atoms with Crippen LogP contribution in [0.4, 0.5) is 0 Å². The SMILES string of the molecule is CN=C(NCCc1cccs1)NCC1COc2ccccc2O1. The molecule has 1 aliphatic rings. The molecule has 1 aromatic heterocycles. The Bertz CT molecular complexity index is 643. The Labute approximate surface area is 140 Å². The highest BCUT2D eigenvalue weighted by Gasteiger charge is 2.20. The summed E-state index contributed by atoms with van der Waals surface area (Å²) < 4.78 is 11.6. The van der Waals surface area contributed by atoms with E-state index in [1.807, 2.05) is 24.3 Å². The van der Waals surface area contributed by atoms with E-state index >= 15 is 0 Å². The molecule has 1 aliphatic heterocycles. The van der Waals surface area contributed by atoms with Gasteiger partial charge in [-0.15, -0.1) is 11.3 Å². The van der Waals surface area contributed by atoms with Crippen LogP contribution in [0.1, 0.15) is 4.88 Å². The molecule has 1 aromatic carbocycles. The van der Waals surface area contributed by atoms with Crippen molar-refractivity contribution in [1.29, 1.82) is 0 Å². The fraction of sp³-hybridized carbons (Fsp3) is 0.353. The van der Waals surface area contributed by atoms with Gasteiger partial charge in [0.2, 0.25) is 0 Å². The van der Waals surface area contributed by atoms with E-state index in [0.29, 0.717) is 13.2 Å². The molecule has 5 nitrogen and oxygen atoms in total. The van der Waals surface area contributed by atoms with Crippen molar-refractivity contribution >= 4 is 17.3 Å². The minimum absolute atomic E-state index is 0.0271. The van der Waals surface area contributed by atoms with E-state index < -0.39 is 0 Å². The molecule has 1 atom stereocenters. The van der Waals surface area contributed by atoms with Crippen LogP contribution in [0.2, 0.25) is 0 Å². The van der Waals surface area contributed by atoms with Crippen molar-refractivity contribution in [2.24, 2.45) is 4.99 Å². The van der Waals surface area contributed by atoms with Crippen LogP contribution in [0, 0.1) is 0 Å². The number of hydrogen-bond donors (Lipinski definition) is 2. The molecule has 3 rings (SSSR count). The molecule has 23 heavy (non-hydrogen) atoms. The third-order valence-electron chi connectivity index (χ3n) is 3.53. The highest BCUT2D eigenvalue weighted by atomic mass is 32.1. The number of thiophene rings is 1. The van der Waals surface area contributed by atoms with Gasteiger partial charge >= 0.3 is 0 Å². The number of ether oxygens (including phenoxy) is 2. The third-order valence-corrected chi connectivity index (χ3v) is 4.47. The maximum Gasteiger partial charge on any atom is 0.191 e. The number of hydrogen-bond acceptors (Lipinski definition) is 4. The molecule has 2 N–H and O–H groups in total. The summed E-state index contributed by atoms with van der Waals surface area (Å²) in [5, 5.41) is 8.70. The normalized spacial score (nSPS) is 16.9. The van der Waals surface area contributed by atoms with Gasteiger partial charge in [0.15, 0.2) is 17.5 Å². The molecular weight excluding hydrogens is 310 g/mol. The second kappa shape index (κ2) is 7.87. The van der Waals surface area contributed by atoms with E-state index in [9.17, 15) is 0 Å². The standard InChI is InChI=1S/C17H21N3O2S/c1-18-17(19-9-8-14-5-4-10-23-14)20-11-13-12-21-15-6-2-3-7-16(15)22-13/h2-7,10,13H,8-9,11-12H2,1H3,(H2,18,19,20). The van der Waals surface area contributed by atoms with E-state index in [2.05, 4.69) is 33.1 Å². The van der Waals surface area contributed by atoms with Crippen LogP contribution in [0.15, 0.2) is 46.8 Å². The molecule has 0 amide bonds. The predicted octanol–water partition coefficient (Wildman–Crippen LogP) is 2.30. The Morgan fingerprint density at radius 1 is 1.22 bits per heavy atom. The topological polar surface area (TPSA) is 54.9 Å². The van der Waals surface area contributed by atoms with Gasteiger partial charge in [-0.05, 0) is 30.0 Å². The lowest BCUT2D eigenvalue weighted by atomic mass is 10.2. The maximum atomic E-state index is 5.92. The molecule has 0 radical (unpaired) electrons. The first-order valence-corrected chi connectivity index (χ1v) is 8.58. The molecule has 0 fully saturated rings. The first-order chi connectivity index (χ1) is 11.3. The molecule has 2 aromatic rings. The number of aliphatic imine (C=N–C) groups is 1. The van der Waals surface area contributed by atoms with Crippen LogP contribution < -0.4 is 20.1 Å². The van der Waals surface area contributed by atoms with Gasteiger partial charge in [-0.2, -0.15) is 0 Å². The number of rotatable bonds is 5. The summed E-state index contributed by atoms with van der Waals surface area (Å²) in [5.41, 5.74) is 0. The molecule has 2 heterocycles. The van der Waals surface area contributed by atoms with Crippen molar-refractivity contribution in [1.82, 2.24) is 10.6 Å². The summed E-state index contributed by atoms with van der Waals surface area (Å²) in [6, 6.07) is 12.0. The van der Waals surface area contributed by atoms with Crippen LogP contribution in [0.3, 0.4) is 0 Å². The van der Waals surface area contributed by atoms with E-state index in [1.54, 1.807) is 18.4 Å². The van der Waals surface area contributed by atoms with Gasteiger partial charge in [0.1, 0.15) is 12.7 Å². The number of nitrogens with one attached hydrogen (secondary N) is 2. The van der Waals surface area contributed by atoms with Gasteiger partial charge < -0.3 is 20.1 Å². The smallest absolute Gasteiger partial charge is 0.191 e. The lowest BCUT2D eigenvalue weighted by Crippen LogP contribution is -2.45. The molecule has 0 saturated heterocycles. The van der Waals surface area contributed by atoms with E-state index in [1.165, 1.54) is 4.88 Å². The zero-order chi connectivity index (χ0) is 15.9. The van der Waals surface area contributed by atoms with Crippen molar-refractivity contribution in [2.45, 2.75) is 12.5 Å². The molecule has 122 valence electrons. The lowest BCUT2D eigenvalue weighted by molar-refractivity contribution is 0.0936. The Kier molecular flexibility index (Phi) is 5.37. The van der Waals surface area contributed by atoms with E-state index in [-0.39, 0.29) is 6.10 Å². The second-order valence-corrected chi connectivity index (χ2v) is 6.24. The molecule has 0 bridgehead atoms. The first kappa shape index (κ1) is 15.7. The van der Waals surface area contributed by atoms with Crippen molar-refractivity contribution in [3.8, 4) is 11.5 Å². The molecule has 0 spiro atoms. The van der Waals surface area contributed by atoms with Gasteiger partial charge in [0, 0.05) is 18.5 Å². The van der Waals surface area contributed by atoms with Gasteiger partial charge in [-0.1, -0.05) is 18.2 Å². The Morgan fingerprint density at radius 2 is 2.09 bits per heavy atom. The number of para-hydroxylation sites is 2. The van der Waals surface area contributed by atoms with Crippen LogP contribution in [0.5, 0.6) is 11.5 Å². The van der Waals surface area contributed by atoms with Gasteiger partial charge in [-0.3, -0.25) is 4.99 Å². The number of nitrogens with zero attached hydrogens (tertiary/aromatic N) is 1. The average Bonchev–Trinajstić information content (AvgIpc) is 3.11. The highest BCUT2D eigenvalue weighted by molar-refractivity contribution is 7.09. The fourth-order valence-electron chi connectivity index (χ4n) is 2.35. The fourth-order valence-corrected chi connectivity index (χ4v) is 3.06. The third kappa shape index (κ3) is 4.39. The van der Waals surface area contributed by atoms with Gasteiger partial charge in [0.05, 0.1) is 6.54 Å². The molecular formula is C17H21N3O2S. The number of guanidine groups is 1. The molecule has 0 saturated carbocycles. The summed E-state index contributed by atoms with van der Waals surface area (Å²) in [6.45, 7) is 2.04. The average molecular weight is 331 g/mol. The second-order valence-electron chi connectivity index (χ2n) is 5.21. The van der Waals surface area contributed by atoms with Crippen molar-refractivity contribution in [3.63, 3.8) is 0 Å². The first-order valence-electron chi connectivity index (χ1n) is 7.70. The zero-order valence-corrected chi connectivity index (χ0v) is 13.9. The van der Waals surface area contributed by atoms with Gasteiger partial charge in [0.25, 0.3) is 0 Å². The summed E-state index contributed by atoms with van der Waals surface area (Å²) in [6.07, 6.45) is 0.968. The highest BCUT2D eigenvalue weighted by Crippen LogP contribution is 2.30. The Balaban J connectivity index is 1.42. The summed E-state index contributed by atoms with van der Waals surface area (Å²) in [7, 11) is 1.77. The van der Waals surface area contributed by atoms with Crippen LogP contribution in [-0.2, 0) is 6.42 Å². The Hall–Kier alpha value is -2.21. The molecule has 6 heteroatoms. The van der Waals surface area contributed by atoms with Gasteiger partial charge in [-0.25, -0.2) is 0 Å².